The SMILES string of the molecule is CCC(C)n1c(=O)n(C(C)CC)c(=O)n(C(C)CC)c1=O. The van der Waals surface area contributed by atoms with Gasteiger partial charge in [-0.1, -0.05) is 20.8 Å². The molecule has 0 fully saturated rings. The normalized spacial score (nSPS) is 15.7. The minimum absolute atomic E-state index is 0.226. The fourth-order valence-corrected chi connectivity index (χ4v) is 2.27. The lowest BCUT2D eigenvalue weighted by atomic mass is 10.2. The maximum Gasteiger partial charge on any atom is 0.336 e. The first-order valence-corrected chi connectivity index (χ1v) is 7.81. The molecule has 1 aromatic rings. The van der Waals surface area contributed by atoms with Gasteiger partial charge in [0.15, 0.2) is 0 Å². The molecule has 0 aliphatic rings. The average molecular weight is 297 g/mol. The summed E-state index contributed by atoms with van der Waals surface area (Å²) in [5.74, 6) is 0. The Morgan fingerprint density at radius 2 is 0.810 bits per heavy atom. The molecule has 0 aliphatic heterocycles. The first-order valence-electron chi connectivity index (χ1n) is 7.81. The summed E-state index contributed by atoms with van der Waals surface area (Å²) in [6, 6.07) is -0.677. The van der Waals surface area contributed by atoms with Crippen LogP contribution in [0.3, 0.4) is 0 Å². The van der Waals surface area contributed by atoms with Crippen LogP contribution in [0.2, 0.25) is 0 Å². The predicted molar refractivity (Wildman–Crippen MR) is 84.2 cm³/mol. The minimum Gasteiger partial charge on any atom is -0.247 e. The van der Waals surface area contributed by atoms with Crippen LogP contribution in [0.15, 0.2) is 14.4 Å². The van der Waals surface area contributed by atoms with Gasteiger partial charge in [0.05, 0.1) is 0 Å². The predicted octanol–water partition coefficient (Wildman–Crippen LogP) is 2.08. The van der Waals surface area contributed by atoms with Crippen molar-refractivity contribution in [1.29, 1.82) is 0 Å². The molecule has 6 nitrogen and oxygen atoms in total. The van der Waals surface area contributed by atoms with Crippen LogP contribution in [0.5, 0.6) is 0 Å². The molecule has 0 saturated heterocycles. The van der Waals surface area contributed by atoms with E-state index < -0.39 is 17.1 Å². The molecule has 3 unspecified atom stereocenters. The Morgan fingerprint density at radius 1 is 0.619 bits per heavy atom. The Morgan fingerprint density at radius 3 is 0.952 bits per heavy atom. The summed E-state index contributed by atoms with van der Waals surface area (Å²) in [5.41, 5.74) is -1.48. The fraction of sp³-hybridized carbons (Fsp3) is 0.800. The third-order valence-electron chi connectivity index (χ3n) is 4.33. The second-order valence-corrected chi connectivity index (χ2v) is 5.73. The molecule has 1 aromatic heterocycles. The van der Waals surface area contributed by atoms with Gasteiger partial charge >= 0.3 is 17.1 Å². The molecule has 0 aromatic carbocycles. The van der Waals surface area contributed by atoms with E-state index in [1.165, 1.54) is 13.7 Å². The van der Waals surface area contributed by atoms with Crippen molar-refractivity contribution in [3.63, 3.8) is 0 Å². The summed E-state index contributed by atoms with van der Waals surface area (Å²) in [5, 5.41) is 0. The van der Waals surface area contributed by atoms with Gasteiger partial charge < -0.3 is 0 Å². The molecular formula is C15H27N3O3. The van der Waals surface area contributed by atoms with Gasteiger partial charge in [0, 0.05) is 18.1 Å². The molecule has 120 valence electrons. The number of hydrogen-bond acceptors (Lipinski definition) is 3. The van der Waals surface area contributed by atoms with Crippen LogP contribution in [-0.4, -0.2) is 13.7 Å². The quantitative estimate of drug-likeness (QED) is 0.807. The minimum atomic E-state index is -0.492. The summed E-state index contributed by atoms with van der Waals surface area (Å²) < 4.78 is 3.67. The van der Waals surface area contributed by atoms with Gasteiger partial charge in [-0.2, -0.15) is 0 Å². The van der Waals surface area contributed by atoms with Crippen LogP contribution in [-0.2, 0) is 0 Å². The molecule has 0 spiro atoms. The summed E-state index contributed by atoms with van der Waals surface area (Å²) in [6.07, 6.45) is 1.98. The Bertz CT molecular complexity index is 533. The zero-order valence-electron chi connectivity index (χ0n) is 13.9. The van der Waals surface area contributed by atoms with Crippen molar-refractivity contribution >= 4 is 0 Å². The van der Waals surface area contributed by atoms with Crippen molar-refractivity contribution in [2.24, 2.45) is 0 Å². The Hall–Kier alpha value is -1.59. The van der Waals surface area contributed by atoms with E-state index in [1.54, 1.807) is 0 Å². The Labute approximate surface area is 125 Å². The smallest absolute Gasteiger partial charge is 0.247 e. The average Bonchev–Trinajstić information content (AvgIpc) is 2.46. The number of rotatable bonds is 6. The highest BCUT2D eigenvalue weighted by Crippen LogP contribution is 2.09. The highest BCUT2D eigenvalue weighted by molar-refractivity contribution is 4.86. The van der Waals surface area contributed by atoms with Crippen molar-refractivity contribution < 1.29 is 0 Å². The third kappa shape index (κ3) is 3.04. The summed E-state index contributed by atoms with van der Waals surface area (Å²) in [4.78, 5) is 37.8. The van der Waals surface area contributed by atoms with E-state index in [4.69, 9.17) is 0 Å². The lowest BCUT2D eigenvalue weighted by Gasteiger charge is -2.22. The third-order valence-corrected chi connectivity index (χ3v) is 4.33. The zero-order chi connectivity index (χ0) is 16.3. The van der Waals surface area contributed by atoms with E-state index in [0.717, 1.165) is 0 Å². The van der Waals surface area contributed by atoms with Crippen molar-refractivity contribution in [2.45, 2.75) is 78.9 Å². The molecule has 1 heterocycles. The standard InChI is InChI=1S/C15H27N3O3/c1-7-10(4)16-13(19)17(11(5)8-2)15(21)18(14(16)20)12(6)9-3/h10-12H,7-9H2,1-6H3. The molecule has 0 N–H and O–H groups in total. The van der Waals surface area contributed by atoms with Crippen molar-refractivity contribution in [3.05, 3.63) is 31.5 Å². The Balaban J connectivity index is 3.89. The summed E-state index contributed by atoms with van der Waals surface area (Å²) >= 11 is 0. The second-order valence-electron chi connectivity index (χ2n) is 5.73. The van der Waals surface area contributed by atoms with Gasteiger partial charge in [0.25, 0.3) is 0 Å². The molecule has 21 heavy (non-hydrogen) atoms. The highest BCUT2D eigenvalue weighted by atomic mass is 16.2. The van der Waals surface area contributed by atoms with Gasteiger partial charge in [-0.25, -0.2) is 28.1 Å². The van der Waals surface area contributed by atoms with Crippen molar-refractivity contribution in [3.8, 4) is 0 Å². The van der Waals surface area contributed by atoms with Gasteiger partial charge in [0.1, 0.15) is 0 Å². The monoisotopic (exact) mass is 297 g/mol. The molecule has 0 bridgehead atoms. The maximum atomic E-state index is 12.6. The van der Waals surface area contributed by atoms with Crippen LogP contribution < -0.4 is 17.1 Å². The van der Waals surface area contributed by atoms with Gasteiger partial charge in [-0.15, -0.1) is 0 Å². The van der Waals surface area contributed by atoms with E-state index in [0.29, 0.717) is 19.3 Å². The van der Waals surface area contributed by atoms with E-state index in [2.05, 4.69) is 0 Å². The molecule has 6 heteroatoms. The molecule has 3 atom stereocenters. The first kappa shape index (κ1) is 17.5. The maximum absolute atomic E-state index is 12.6. The van der Waals surface area contributed by atoms with E-state index >= 15 is 0 Å². The molecule has 0 amide bonds. The topological polar surface area (TPSA) is 66.0 Å². The number of nitrogens with zero attached hydrogens (tertiary/aromatic N) is 3. The zero-order valence-corrected chi connectivity index (χ0v) is 13.9. The van der Waals surface area contributed by atoms with E-state index in [9.17, 15) is 14.4 Å². The van der Waals surface area contributed by atoms with E-state index in [-0.39, 0.29) is 18.1 Å². The lowest BCUT2D eigenvalue weighted by molar-refractivity contribution is 0.343. The van der Waals surface area contributed by atoms with Crippen LogP contribution in [0.1, 0.15) is 78.9 Å². The van der Waals surface area contributed by atoms with Gasteiger partial charge in [0.2, 0.25) is 0 Å². The first-order chi connectivity index (χ1) is 9.81. The largest absolute Gasteiger partial charge is 0.336 e. The lowest BCUT2D eigenvalue weighted by Crippen LogP contribution is -2.56. The number of hydrogen-bond donors (Lipinski definition) is 0. The van der Waals surface area contributed by atoms with E-state index in [1.807, 2.05) is 41.5 Å². The van der Waals surface area contributed by atoms with Crippen LogP contribution in [0, 0.1) is 0 Å². The molecule has 1 rings (SSSR count). The van der Waals surface area contributed by atoms with Crippen molar-refractivity contribution in [1.82, 2.24) is 13.7 Å². The fourth-order valence-electron chi connectivity index (χ4n) is 2.27. The van der Waals surface area contributed by atoms with Crippen molar-refractivity contribution in [2.75, 3.05) is 0 Å². The molecule has 0 radical (unpaired) electrons. The van der Waals surface area contributed by atoms with Gasteiger partial charge in [-0.3, -0.25) is 0 Å². The Kier molecular flexibility index (Phi) is 5.75. The molecule has 0 saturated carbocycles. The second kappa shape index (κ2) is 6.91. The van der Waals surface area contributed by atoms with Gasteiger partial charge in [-0.05, 0) is 40.0 Å². The number of aromatic nitrogens is 3. The summed E-state index contributed by atoms with van der Waals surface area (Å²) in [6.45, 7) is 11.2. The van der Waals surface area contributed by atoms with Crippen LogP contribution >= 0.6 is 0 Å². The van der Waals surface area contributed by atoms with Crippen LogP contribution in [0.25, 0.3) is 0 Å². The van der Waals surface area contributed by atoms with Crippen LogP contribution in [0.4, 0.5) is 0 Å². The highest BCUT2D eigenvalue weighted by Gasteiger charge is 2.22. The molecule has 0 aliphatic carbocycles. The summed E-state index contributed by atoms with van der Waals surface area (Å²) in [7, 11) is 0. The molecular weight excluding hydrogens is 270 g/mol.